The van der Waals surface area contributed by atoms with Gasteiger partial charge in [-0.05, 0) is 6.92 Å². The quantitative estimate of drug-likeness (QED) is 0.702. The van der Waals surface area contributed by atoms with Crippen LogP contribution in [0.4, 0.5) is 5.82 Å². The van der Waals surface area contributed by atoms with Crippen LogP contribution in [-0.2, 0) is 4.74 Å². The first kappa shape index (κ1) is 11.2. The average molecular weight is 216 g/mol. The third-order valence-corrected chi connectivity index (χ3v) is 2.12. The molecule has 14 heavy (non-hydrogen) atoms. The van der Waals surface area contributed by atoms with Crippen molar-refractivity contribution in [1.29, 1.82) is 0 Å². The van der Waals surface area contributed by atoms with Gasteiger partial charge in [-0.2, -0.15) is 0 Å². The Morgan fingerprint density at radius 2 is 2.00 bits per heavy atom. The number of hydrogen-bond acceptors (Lipinski definition) is 4. The number of nitrogens with zero attached hydrogens (tertiary/aromatic N) is 3. The fourth-order valence-corrected chi connectivity index (χ4v) is 1.41. The molecule has 0 unspecified atom stereocenters. The van der Waals surface area contributed by atoms with Crippen molar-refractivity contribution >= 4 is 18.2 Å². The van der Waals surface area contributed by atoms with E-state index in [9.17, 15) is 0 Å². The van der Waals surface area contributed by atoms with E-state index >= 15 is 0 Å². The summed E-state index contributed by atoms with van der Waals surface area (Å²) in [5.41, 5.74) is 1.01. The summed E-state index contributed by atoms with van der Waals surface area (Å²) in [4.78, 5) is 10.5. The highest BCUT2D eigenvalue weighted by atomic mass is 35.5. The van der Waals surface area contributed by atoms with Gasteiger partial charge < -0.3 is 9.64 Å². The summed E-state index contributed by atoms with van der Waals surface area (Å²) >= 11 is 0. The summed E-state index contributed by atoms with van der Waals surface area (Å²) in [6.45, 7) is 5.42. The number of halogens is 1. The Morgan fingerprint density at radius 3 is 2.64 bits per heavy atom. The van der Waals surface area contributed by atoms with Gasteiger partial charge in [0.2, 0.25) is 0 Å². The Kier molecular flexibility index (Phi) is 4.10. The predicted octanol–water partition coefficient (Wildman–Crippen LogP) is 1.04. The number of aromatic nitrogens is 2. The maximum Gasteiger partial charge on any atom is 0.132 e. The van der Waals surface area contributed by atoms with Crippen molar-refractivity contribution in [1.82, 2.24) is 9.97 Å². The summed E-state index contributed by atoms with van der Waals surface area (Å²) in [7, 11) is 0. The van der Waals surface area contributed by atoms with E-state index in [4.69, 9.17) is 4.74 Å². The summed E-state index contributed by atoms with van der Waals surface area (Å²) in [5.74, 6) is 1.01. The molecule has 0 radical (unpaired) electrons. The highest BCUT2D eigenvalue weighted by molar-refractivity contribution is 5.85. The van der Waals surface area contributed by atoms with Crippen LogP contribution in [0, 0.1) is 6.92 Å². The minimum absolute atomic E-state index is 0. The molecule has 0 aliphatic carbocycles. The van der Waals surface area contributed by atoms with Gasteiger partial charge in [0, 0.05) is 24.8 Å². The van der Waals surface area contributed by atoms with E-state index in [0.29, 0.717) is 0 Å². The van der Waals surface area contributed by atoms with Crippen LogP contribution >= 0.6 is 12.4 Å². The Balaban J connectivity index is 0.000000980. The van der Waals surface area contributed by atoms with Gasteiger partial charge in [0.05, 0.1) is 13.2 Å². The molecule has 0 bridgehead atoms. The SMILES string of the molecule is Cc1cc(N2CCOCC2)ncn1.Cl. The molecule has 1 saturated heterocycles. The van der Waals surface area contributed by atoms with E-state index in [1.54, 1.807) is 6.33 Å². The van der Waals surface area contributed by atoms with E-state index in [1.165, 1.54) is 0 Å². The van der Waals surface area contributed by atoms with Crippen LogP contribution in [0.2, 0.25) is 0 Å². The lowest BCUT2D eigenvalue weighted by Gasteiger charge is -2.27. The van der Waals surface area contributed by atoms with Gasteiger partial charge in [-0.3, -0.25) is 0 Å². The Hall–Kier alpha value is -0.870. The first-order valence-electron chi connectivity index (χ1n) is 4.47. The fraction of sp³-hybridized carbons (Fsp3) is 0.556. The molecule has 1 aliphatic rings. The van der Waals surface area contributed by atoms with E-state index < -0.39 is 0 Å². The largest absolute Gasteiger partial charge is 0.378 e. The lowest BCUT2D eigenvalue weighted by molar-refractivity contribution is 0.122. The molecule has 2 heterocycles. The topological polar surface area (TPSA) is 38.2 Å². The van der Waals surface area contributed by atoms with Gasteiger partial charge in [-0.1, -0.05) is 0 Å². The molecule has 0 amide bonds. The van der Waals surface area contributed by atoms with E-state index in [-0.39, 0.29) is 12.4 Å². The van der Waals surface area contributed by atoms with Crippen LogP contribution in [-0.4, -0.2) is 36.3 Å². The van der Waals surface area contributed by atoms with Crippen LogP contribution in [0.5, 0.6) is 0 Å². The smallest absolute Gasteiger partial charge is 0.132 e. The first-order chi connectivity index (χ1) is 6.36. The Bertz CT molecular complexity index is 289. The van der Waals surface area contributed by atoms with E-state index in [1.807, 2.05) is 13.0 Å². The predicted molar refractivity (Wildman–Crippen MR) is 57.0 cm³/mol. The third kappa shape index (κ3) is 2.56. The number of morpholine rings is 1. The van der Waals surface area contributed by atoms with Crippen LogP contribution in [0.1, 0.15) is 5.69 Å². The molecule has 78 valence electrons. The number of aryl methyl sites for hydroxylation is 1. The van der Waals surface area contributed by atoms with Crippen LogP contribution in [0.25, 0.3) is 0 Å². The molecule has 2 rings (SSSR count). The molecule has 1 aromatic heterocycles. The van der Waals surface area contributed by atoms with Crippen molar-refractivity contribution in [2.24, 2.45) is 0 Å². The highest BCUT2D eigenvalue weighted by Crippen LogP contribution is 2.11. The molecule has 0 N–H and O–H groups in total. The van der Waals surface area contributed by atoms with E-state index in [2.05, 4.69) is 14.9 Å². The van der Waals surface area contributed by atoms with Crippen molar-refractivity contribution < 1.29 is 4.74 Å². The molecule has 0 atom stereocenters. The van der Waals surface area contributed by atoms with E-state index in [0.717, 1.165) is 37.8 Å². The Morgan fingerprint density at radius 1 is 1.29 bits per heavy atom. The molecular weight excluding hydrogens is 202 g/mol. The highest BCUT2D eigenvalue weighted by Gasteiger charge is 2.11. The second kappa shape index (κ2) is 5.12. The van der Waals surface area contributed by atoms with Crippen molar-refractivity contribution in [3.63, 3.8) is 0 Å². The minimum Gasteiger partial charge on any atom is -0.378 e. The average Bonchev–Trinajstić information content (AvgIpc) is 2.19. The first-order valence-corrected chi connectivity index (χ1v) is 4.47. The molecule has 1 fully saturated rings. The maximum atomic E-state index is 5.27. The molecule has 1 aliphatic heterocycles. The van der Waals surface area contributed by atoms with Gasteiger partial charge in [-0.25, -0.2) is 9.97 Å². The van der Waals surface area contributed by atoms with Crippen LogP contribution in [0.3, 0.4) is 0 Å². The van der Waals surface area contributed by atoms with Gasteiger partial charge in [0.1, 0.15) is 12.1 Å². The summed E-state index contributed by atoms with van der Waals surface area (Å²) in [6, 6.07) is 2.01. The number of hydrogen-bond donors (Lipinski definition) is 0. The molecule has 1 aromatic rings. The molecular formula is C9H14ClN3O. The molecule has 0 spiro atoms. The van der Waals surface area contributed by atoms with Crippen molar-refractivity contribution in [2.45, 2.75) is 6.92 Å². The van der Waals surface area contributed by atoms with Crippen molar-refractivity contribution in [3.05, 3.63) is 18.1 Å². The zero-order valence-electron chi connectivity index (χ0n) is 8.14. The molecule has 0 aromatic carbocycles. The zero-order chi connectivity index (χ0) is 9.10. The van der Waals surface area contributed by atoms with Gasteiger partial charge in [0.15, 0.2) is 0 Å². The second-order valence-corrected chi connectivity index (χ2v) is 3.12. The van der Waals surface area contributed by atoms with Crippen molar-refractivity contribution in [3.8, 4) is 0 Å². The lowest BCUT2D eigenvalue weighted by Crippen LogP contribution is -2.36. The van der Waals surface area contributed by atoms with Crippen LogP contribution in [0.15, 0.2) is 12.4 Å². The summed E-state index contributed by atoms with van der Waals surface area (Å²) in [5, 5.41) is 0. The lowest BCUT2D eigenvalue weighted by atomic mass is 10.3. The third-order valence-electron chi connectivity index (χ3n) is 2.12. The maximum absolute atomic E-state index is 5.27. The summed E-state index contributed by atoms with van der Waals surface area (Å²) in [6.07, 6.45) is 1.61. The van der Waals surface area contributed by atoms with Gasteiger partial charge in [0.25, 0.3) is 0 Å². The number of ether oxygens (including phenoxy) is 1. The van der Waals surface area contributed by atoms with Gasteiger partial charge >= 0.3 is 0 Å². The number of rotatable bonds is 1. The monoisotopic (exact) mass is 215 g/mol. The standard InChI is InChI=1S/C9H13N3O.ClH/c1-8-6-9(11-7-10-8)12-2-4-13-5-3-12;/h6-7H,2-5H2,1H3;1H. The normalized spacial score (nSPS) is 16.2. The van der Waals surface area contributed by atoms with Crippen molar-refractivity contribution in [2.75, 3.05) is 31.2 Å². The zero-order valence-corrected chi connectivity index (χ0v) is 8.96. The molecule has 0 saturated carbocycles. The number of anilines is 1. The molecule has 5 heteroatoms. The molecule has 4 nitrogen and oxygen atoms in total. The van der Waals surface area contributed by atoms with Gasteiger partial charge in [-0.15, -0.1) is 12.4 Å². The summed E-state index contributed by atoms with van der Waals surface area (Å²) < 4.78 is 5.27. The second-order valence-electron chi connectivity index (χ2n) is 3.12. The fourth-order valence-electron chi connectivity index (χ4n) is 1.41. The minimum atomic E-state index is 0. The Labute approximate surface area is 89.7 Å². The van der Waals surface area contributed by atoms with Crippen LogP contribution < -0.4 is 4.90 Å².